The van der Waals surface area contributed by atoms with Gasteiger partial charge in [0.15, 0.2) is 6.61 Å². The number of benzene rings is 1. The van der Waals surface area contributed by atoms with Crippen LogP contribution in [0.3, 0.4) is 0 Å². The molecule has 6 nitrogen and oxygen atoms in total. The molecule has 0 radical (unpaired) electrons. The number of carbonyl (C=O) groups is 3. The maximum absolute atomic E-state index is 12.8. The second-order valence-electron chi connectivity index (χ2n) is 8.68. The molecule has 7 heteroatoms. The van der Waals surface area contributed by atoms with Crippen LogP contribution in [-0.2, 0) is 20.9 Å². The number of ether oxygens (including phenoxy) is 1. The van der Waals surface area contributed by atoms with Crippen LogP contribution >= 0.6 is 11.6 Å². The van der Waals surface area contributed by atoms with Crippen molar-refractivity contribution in [1.82, 2.24) is 10.6 Å². The highest BCUT2D eigenvalue weighted by molar-refractivity contribution is 6.24. The van der Waals surface area contributed by atoms with E-state index in [9.17, 15) is 14.4 Å². The van der Waals surface area contributed by atoms with Gasteiger partial charge in [0.1, 0.15) is 0 Å². The third-order valence-electron chi connectivity index (χ3n) is 6.31. The molecule has 2 atom stereocenters. The third kappa shape index (κ3) is 4.02. The van der Waals surface area contributed by atoms with E-state index in [-0.39, 0.29) is 10.8 Å². The summed E-state index contributed by atoms with van der Waals surface area (Å²) in [6.45, 7) is -0.145. The predicted octanol–water partition coefficient (Wildman–Crippen LogP) is 3.13. The van der Waals surface area contributed by atoms with Crippen LogP contribution in [0.25, 0.3) is 0 Å². The molecule has 0 heterocycles. The highest BCUT2D eigenvalue weighted by Crippen LogP contribution is 2.64. The first-order valence-electron chi connectivity index (χ1n) is 9.84. The molecule has 4 saturated carbocycles. The van der Waals surface area contributed by atoms with Crippen LogP contribution in [0.5, 0.6) is 0 Å². The van der Waals surface area contributed by atoms with Crippen molar-refractivity contribution in [2.45, 2.75) is 49.9 Å². The Kier molecular flexibility index (Phi) is 5.08. The zero-order chi connectivity index (χ0) is 19.8. The molecule has 4 aliphatic rings. The summed E-state index contributed by atoms with van der Waals surface area (Å²) in [6, 6.07) is 8.76. The third-order valence-corrected chi connectivity index (χ3v) is 6.75. The number of urea groups is 1. The van der Waals surface area contributed by atoms with Crippen molar-refractivity contribution in [2.75, 3.05) is 6.61 Å². The molecule has 4 bridgehead atoms. The Morgan fingerprint density at radius 2 is 1.75 bits per heavy atom. The largest absolute Gasteiger partial charge is 0.455 e. The number of amides is 3. The van der Waals surface area contributed by atoms with Gasteiger partial charge in [0.25, 0.3) is 5.91 Å². The molecule has 5 rings (SSSR count). The molecule has 1 aromatic rings. The maximum Gasteiger partial charge on any atom is 0.321 e. The van der Waals surface area contributed by atoms with Crippen molar-refractivity contribution in [3.05, 3.63) is 35.9 Å². The monoisotopic (exact) mass is 404 g/mol. The van der Waals surface area contributed by atoms with Crippen molar-refractivity contribution >= 4 is 29.5 Å². The van der Waals surface area contributed by atoms with E-state index >= 15 is 0 Å². The Labute approximate surface area is 169 Å². The fourth-order valence-electron chi connectivity index (χ4n) is 5.66. The fourth-order valence-corrected chi connectivity index (χ4v) is 6.35. The van der Waals surface area contributed by atoms with Crippen molar-refractivity contribution in [2.24, 2.45) is 17.3 Å². The van der Waals surface area contributed by atoms with Crippen molar-refractivity contribution < 1.29 is 19.1 Å². The Morgan fingerprint density at radius 3 is 2.39 bits per heavy atom. The molecular weight excluding hydrogens is 380 g/mol. The van der Waals surface area contributed by atoms with Crippen LogP contribution in [-0.4, -0.2) is 29.4 Å². The van der Waals surface area contributed by atoms with E-state index in [0.717, 1.165) is 37.7 Å². The van der Waals surface area contributed by atoms with Crippen molar-refractivity contribution in [1.29, 1.82) is 0 Å². The average Bonchev–Trinajstić information content (AvgIpc) is 2.63. The van der Waals surface area contributed by atoms with Crippen molar-refractivity contribution in [3.63, 3.8) is 0 Å². The Morgan fingerprint density at radius 1 is 1.07 bits per heavy atom. The first-order chi connectivity index (χ1) is 13.4. The summed E-state index contributed by atoms with van der Waals surface area (Å²) in [7, 11) is 0. The standard InChI is InChI=1S/C21H25ClN2O4/c22-21-9-15-6-16(10-21)8-20(7-15,13-21)18(26)28-12-17(25)24-19(27)23-11-14-4-2-1-3-5-14/h1-5,15-16H,6-13H2,(H2,23,24,25,27). The number of alkyl halides is 1. The van der Waals surface area contributed by atoms with Gasteiger partial charge in [0, 0.05) is 11.4 Å². The lowest BCUT2D eigenvalue weighted by Gasteiger charge is -2.58. The first kappa shape index (κ1) is 19.2. The summed E-state index contributed by atoms with van der Waals surface area (Å²) in [4.78, 5) is 36.3. The van der Waals surface area contributed by atoms with E-state index in [1.54, 1.807) is 0 Å². The summed E-state index contributed by atoms with van der Waals surface area (Å²) in [6.07, 6.45) is 5.33. The molecule has 4 fully saturated rings. The molecule has 2 N–H and O–H groups in total. The fraction of sp³-hybridized carbons (Fsp3) is 0.571. The minimum Gasteiger partial charge on any atom is -0.455 e. The van der Waals surface area contributed by atoms with Crippen molar-refractivity contribution in [3.8, 4) is 0 Å². The molecule has 0 saturated heterocycles. The van der Waals surface area contributed by atoms with Crippen LogP contribution in [0.1, 0.15) is 44.1 Å². The van der Waals surface area contributed by atoms with Gasteiger partial charge in [-0.15, -0.1) is 11.6 Å². The van der Waals surface area contributed by atoms with Gasteiger partial charge >= 0.3 is 12.0 Å². The number of rotatable bonds is 5. The van der Waals surface area contributed by atoms with Gasteiger partial charge in [-0.05, 0) is 55.9 Å². The summed E-state index contributed by atoms with van der Waals surface area (Å²) in [5.74, 6) is -0.0246. The van der Waals surface area contributed by atoms with E-state index in [2.05, 4.69) is 10.6 Å². The summed E-state index contributed by atoms with van der Waals surface area (Å²) < 4.78 is 5.31. The Bertz CT molecular complexity index is 768. The number of hydrogen-bond donors (Lipinski definition) is 2. The number of nitrogens with one attached hydrogen (secondary N) is 2. The number of hydrogen-bond acceptors (Lipinski definition) is 4. The molecule has 28 heavy (non-hydrogen) atoms. The molecule has 3 amide bonds. The molecular formula is C21H25ClN2O4. The number of halogens is 1. The van der Waals surface area contributed by atoms with Gasteiger partial charge in [-0.25, -0.2) is 4.79 Å². The maximum atomic E-state index is 12.8. The van der Waals surface area contributed by atoms with Gasteiger partial charge in [0.05, 0.1) is 5.41 Å². The summed E-state index contributed by atoms with van der Waals surface area (Å²) >= 11 is 6.74. The number of esters is 1. The first-order valence-corrected chi connectivity index (χ1v) is 10.2. The Hall–Kier alpha value is -2.08. The zero-order valence-electron chi connectivity index (χ0n) is 15.7. The van der Waals surface area contributed by atoms with E-state index in [1.807, 2.05) is 30.3 Å². The van der Waals surface area contributed by atoms with Crippen LogP contribution in [0.15, 0.2) is 30.3 Å². The summed E-state index contributed by atoms with van der Waals surface area (Å²) in [5, 5.41) is 4.80. The highest BCUT2D eigenvalue weighted by atomic mass is 35.5. The molecule has 0 spiro atoms. The lowest BCUT2D eigenvalue weighted by molar-refractivity contribution is -0.171. The van der Waals surface area contributed by atoms with Gasteiger partial charge in [-0.3, -0.25) is 14.9 Å². The second kappa shape index (κ2) is 7.39. The van der Waals surface area contributed by atoms with Crippen LogP contribution < -0.4 is 10.6 Å². The van der Waals surface area contributed by atoms with Crippen LogP contribution in [0, 0.1) is 17.3 Å². The Balaban J connectivity index is 1.24. The predicted molar refractivity (Wildman–Crippen MR) is 103 cm³/mol. The quantitative estimate of drug-likeness (QED) is 0.583. The molecule has 1 aromatic carbocycles. The topological polar surface area (TPSA) is 84.5 Å². The SMILES string of the molecule is O=C(COC(=O)C12CC3CC(CC(Cl)(C3)C1)C2)NC(=O)NCc1ccccc1. The van der Waals surface area contributed by atoms with Gasteiger partial charge < -0.3 is 10.1 Å². The van der Waals surface area contributed by atoms with Gasteiger partial charge in [0.2, 0.25) is 0 Å². The molecule has 0 aromatic heterocycles. The van der Waals surface area contributed by atoms with Crippen LogP contribution in [0.4, 0.5) is 4.79 Å². The molecule has 2 unspecified atom stereocenters. The lowest BCUT2D eigenvalue weighted by atomic mass is 9.49. The van der Waals surface area contributed by atoms with E-state index in [4.69, 9.17) is 16.3 Å². The van der Waals surface area contributed by atoms with Gasteiger partial charge in [-0.1, -0.05) is 30.3 Å². The minimum atomic E-state index is -0.635. The van der Waals surface area contributed by atoms with E-state index in [0.29, 0.717) is 24.8 Å². The lowest BCUT2D eigenvalue weighted by Crippen LogP contribution is -2.56. The smallest absolute Gasteiger partial charge is 0.321 e. The average molecular weight is 405 g/mol. The molecule has 150 valence electrons. The van der Waals surface area contributed by atoms with E-state index in [1.165, 1.54) is 0 Å². The van der Waals surface area contributed by atoms with E-state index < -0.39 is 24.0 Å². The van der Waals surface area contributed by atoms with Crippen LogP contribution in [0.2, 0.25) is 0 Å². The number of imide groups is 1. The number of carbonyl (C=O) groups excluding carboxylic acids is 3. The minimum absolute atomic E-state index is 0.289. The van der Waals surface area contributed by atoms with Gasteiger partial charge in [-0.2, -0.15) is 0 Å². The molecule has 4 aliphatic carbocycles. The summed E-state index contributed by atoms with van der Waals surface area (Å²) in [5.41, 5.74) is 0.371. The second-order valence-corrected chi connectivity index (χ2v) is 9.49. The highest BCUT2D eigenvalue weighted by Gasteiger charge is 2.60. The zero-order valence-corrected chi connectivity index (χ0v) is 16.5. The molecule has 0 aliphatic heterocycles. The normalized spacial score (nSPS) is 32.6.